The molecule has 3 nitrogen and oxygen atoms in total. The van der Waals surface area contributed by atoms with E-state index < -0.39 is 0 Å². The first-order chi connectivity index (χ1) is 7.67. The van der Waals surface area contributed by atoms with Gasteiger partial charge in [-0.2, -0.15) is 0 Å². The summed E-state index contributed by atoms with van der Waals surface area (Å²) in [6.07, 6.45) is 1.66. The van der Waals surface area contributed by atoms with Crippen LogP contribution in [0.5, 0.6) is 0 Å². The van der Waals surface area contributed by atoms with Gasteiger partial charge in [0.1, 0.15) is 0 Å². The van der Waals surface area contributed by atoms with E-state index in [1.54, 1.807) is 11.0 Å². The van der Waals surface area contributed by atoms with Crippen molar-refractivity contribution in [1.82, 2.24) is 10.2 Å². The van der Waals surface area contributed by atoms with Gasteiger partial charge in [-0.15, -0.1) is 17.9 Å². The molecule has 1 heterocycles. The van der Waals surface area contributed by atoms with Crippen molar-refractivity contribution in [2.24, 2.45) is 0 Å². The molecule has 0 saturated heterocycles. The Hall–Kier alpha value is -1.000. The molecule has 1 rings (SSSR count). The first-order valence-corrected chi connectivity index (χ1v) is 6.24. The summed E-state index contributed by atoms with van der Waals surface area (Å²) in [4.78, 5) is 14.5. The highest BCUT2D eigenvalue weighted by molar-refractivity contribution is 7.16. The number of carbonyl (C=O) groups excluding carboxylic acids is 1. The molecular formula is C11H15ClN2OS. The van der Waals surface area contributed by atoms with Gasteiger partial charge in [0, 0.05) is 18.0 Å². The lowest BCUT2D eigenvalue weighted by molar-refractivity contribution is 0.200. The highest BCUT2D eigenvalue weighted by atomic mass is 35.5. The van der Waals surface area contributed by atoms with Crippen LogP contribution in [0.2, 0.25) is 4.34 Å². The Morgan fingerprint density at radius 2 is 2.44 bits per heavy atom. The van der Waals surface area contributed by atoms with Crippen LogP contribution in [0.3, 0.4) is 0 Å². The van der Waals surface area contributed by atoms with Crippen LogP contribution in [0, 0.1) is 0 Å². The molecule has 5 heteroatoms. The van der Waals surface area contributed by atoms with Crippen LogP contribution < -0.4 is 5.32 Å². The van der Waals surface area contributed by atoms with Crippen LogP contribution in [0.25, 0.3) is 0 Å². The van der Waals surface area contributed by atoms with Crippen molar-refractivity contribution < 1.29 is 4.79 Å². The van der Waals surface area contributed by atoms with Gasteiger partial charge < -0.3 is 10.2 Å². The predicted molar refractivity (Wildman–Crippen MR) is 69.0 cm³/mol. The zero-order valence-corrected chi connectivity index (χ0v) is 10.8. The fourth-order valence-corrected chi connectivity index (χ4v) is 2.33. The normalized spacial score (nSPS) is 9.88. The summed E-state index contributed by atoms with van der Waals surface area (Å²) in [5, 5.41) is 2.75. The van der Waals surface area contributed by atoms with Crippen molar-refractivity contribution in [2.45, 2.75) is 13.5 Å². The zero-order valence-electron chi connectivity index (χ0n) is 9.20. The molecule has 0 fully saturated rings. The third-order valence-corrected chi connectivity index (χ3v) is 3.26. The van der Waals surface area contributed by atoms with E-state index in [2.05, 4.69) is 11.9 Å². The standard InChI is InChI=1S/C11H15ClN2OS/c1-3-7-13-11(15)14(4-2)8-9-5-6-10(12)16-9/h3,5-6H,1,4,7-8H2,2H3,(H,13,15). The summed E-state index contributed by atoms with van der Waals surface area (Å²) in [5.74, 6) is 0. The van der Waals surface area contributed by atoms with Crippen LogP contribution in [-0.2, 0) is 6.54 Å². The number of halogens is 1. The van der Waals surface area contributed by atoms with E-state index in [0.29, 0.717) is 19.6 Å². The van der Waals surface area contributed by atoms with Gasteiger partial charge in [0.15, 0.2) is 0 Å². The lowest BCUT2D eigenvalue weighted by atomic mass is 10.4. The topological polar surface area (TPSA) is 32.3 Å². The van der Waals surface area contributed by atoms with Gasteiger partial charge in [0.25, 0.3) is 0 Å². The molecule has 1 aromatic rings. The number of carbonyl (C=O) groups is 1. The number of amides is 2. The summed E-state index contributed by atoms with van der Waals surface area (Å²) in [6.45, 7) is 7.25. The molecule has 1 aromatic heterocycles. The minimum atomic E-state index is -0.0769. The lowest BCUT2D eigenvalue weighted by Crippen LogP contribution is -2.39. The van der Waals surface area contributed by atoms with Crippen molar-refractivity contribution in [3.05, 3.63) is 34.0 Å². The Morgan fingerprint density at radius 1 is 1.69 bits per heavy atom. The van der Waals surface area contributed by atoms with Crippen molar-refractivity contribution in [3.8, 4) is 0 Å². The van der Waals surface area contributed by atoms with Gasteiger partial charge >= 0.3 is 6.03 Å². The lowest BCUT2D eigenvalue weighted by Gasteiger charge is -2.20. The van der Waals surface area contributed by atoms with Gasteiger partial charge in [-0.3, -0.25) is 0 Å². The third-order valence-electron chi connectivity index (χ3n) is 2.04. The molecule has 0 unspecified atom stereocenters. The molecule has 1 N–H and O–H groups in total. The minimum absolute atomic E-state index is 0.0769. The summed E-state index contributed by atoms with van der Waals surface area (Å²) < 4.78 is 0.748. The van der Waals surface area contributed by atoms with E-state index in [4.69, 9.17) is 11.6 Å². The number of hydrogen-bond donors (Lipinski definition) is 1. The maximum Gasteiger partial charge on any atom is 0.317 e. The van der Waals surface area contributed by atoms with E-state index in [1.165, 1.54) is 11.3 Å². The fraction of sp³-hybridized carbons (Fsp3) is 0.364. The molecule has 88 valence electrons. The molecule has 0 aromatic carbocycles. The van der Waals surface area contributed by atoms with Crippen LogP contribution >= 0.6 is 22.9 Å². The first-order valence-electron chi connectivity index (χ1n) is 5.05. The third kappa shape index (κ3) is 3.87. The highest BCUT2D eigenvalue weighted by Crippen LogP contribution is 2.22. The Kier molecular flexibility index (Phi) is 5.35. The van der Waals surface area contributed by atoms with E-state index in [-0.39, 0.29) is 6.03 Å². The average Bonchev–Trinajstić information content (AvgIpc) is 2.68. The monoisotopic (exact) mass is 258 g/mol. The molecule has 0 aliphatic rings. The van der Waals surface area contributed by atoms with E-state index in [0.717, 1.165) is 9.21 Å². The SMILES string of the molecule is C=CCNC(=O)N(CC)Cc1ccc(Cl)s1. The Balaban J connectivity index is 2.54. The quantitative estimate of drug-likeness (QED) is 0.809. The molecular weight excluding hydrogens is 244 g/mol. The summed E-state index contributed by atoms with van der Waals surface area (Å²) in [5.41, 5.74) is 0. The second kappa shape index (κ2) is 6.55. The van der Waals surface area contributed by atoms with E-state index in [1.807, 2.05) is 19.1 Å². The van der Waals surface area contributed by atoms with Gasteiger partial charge in [0.2, 0.25) is 0 Å². The van der Waals surface area contributed by atoms with Crippen LogP contribution in [-0.4, -0.2) is 24.0 Å². The average molecular weight is 259 g/mol. The van der Waals surface area contributed by atoms with Crippen molar-refractivity contribution in [2.75, 3.05) is 13.1 Å². The number of rotatable bonds is 5. The molecule has 0 atom stereocenters. The van der Waals surface area contributed by atoms with Crippen molar-refractivity contribution in [1.29, 1.82) is 0 Å². The summed E-state index contributed by atoms with van der Waals surface area (Å²) in [6, 6.07) is 3.71. The number of thiophene rings is 1. The molecule has 2 amide bonds. The number of nitrogens with zero attached hydrogens (tertiary/aromatic N) is 1. The summed E-state index contributed by atoms with van der Waals surface area (Å²) >= 11 is 7.33. The maximum atomic E-state index is 11.7. The molecule has 0 saturated carbocycles. The smallest absolute Gasteiger partial charge is 0.317 e. The Bertz CT molecular complexity index is 365. The predicted octanol–water partition coefficient (Wildman–Crippen LogP) is 3.12. The molecule has 0 bridgehead atoms. The van der Waals surface area contributed by atoms with Crippen LogP contribution in [0.4, 0.5) is 4.79 Å². The number of hydrogen-bond acceptors (Lipinski definition) is 2. The maximum absolute atomic E-state index is 11.7. The van der Waals surface area contributed by atoms with E-state index in [9.17, 15) is 4.79 Å². The van der Waals surface area contributed by atoms with Gasteiger partial charge in [-0.05, 0) is 19.1 Å². The fourth-order valence-electron chi connectivity index (χ4n) is 1.22. The first kappa shape index (κ1) is 13.1. The number of nitrogens with one attached hydrogen (secondary N) is 1. The van der Waals surface area contributed by atoms with Gasteiger partial charge in [-0.25, -0.2) is 4.79 Å². The number of urea groups is 1. The molecule has 0 aliphatic carbocycles. The highest BCUT2D eigenvalue weighted by Gasteiger charge is 2.11. The zero-order chi connectivity index (χ0) is 12.0. The summed E-state index contributed by atoms with van der Waals surface area (Å²) in [7, 11) is 0. The molecule has 0 spiro atoms. The Labute approximate surface area is 105 Å². The van der Waals surface area contributed by atoms with E-state index >= 15 is 0 Å². The van der Waals surface area contributed by atoms with Crippen LogP contribution in [0.1, 0.15) is 11.8 Å². The van der Waals surface area contributed by atoms with Crippen molar-refractivity contribution in [3.63, 3.8) is 0 Å². The minimum Gasteiger partial charge on any atom is -0.335 e. The molecule has 0 radical (unpaired) electrons. The largest absolute Gasteiger partial charge is 0.335 e. The Morgan fingerprint density at radius 3 is 2.94 bits per heavy atom. The van der Waals surface area contributed by atoms with Crippen LogP contribution in [0.15, 0.2) is 24.8 Å². The second-order valence-corrected chi connectivity index (χ2v) is 4.99. The molecule has 0 aliphatic heterocycles. The van der Waals surface area contributed by atoms with Crippen molar-refractivity contribution >= 4 is 29.0 Å². The van der Waals surface area contributed by atoms with Gasteiger partial charge in [-0.1, -0.05) is 17.7 Å². The second-order valence-electron chi connectivity index (χ2n) is 3.19. The molecule has 16 heavy (non-hydrogen) atoms. The van der Waals surface area contributed by atoms with Gasteiger partial charge in [0.05, 0.1) is 10.9 Å².